The van der Waals surface area contributed by atoms with Crippen LogP contribution in [0.4, 0.5) is 0 Å². The van der Waals surface area contributed by atoms with E-state index < -0.39 is 12.1 Å². The number of carbonyl (C=O) groups excluding carboxylic acids is 2. The maximum Gasteiger partial charge on any atom is 0.243 e. The van der Waals surface area contributed by atoms with Gasteiger partial charge in [-0.15, -0.1) is 0 Å². The van der Waals surface area contributed by atoms with Gasteiger partial charge in [0, 0.05) is 23.5 Å². The standard InChI is InChI=1S/C16H19N3O2S/c1-22-7-6-13-15(20)19-14(16(21)18-13)8-10-9-17-12-5-3-2-4-11(10)12/h2-5,9,13-14,17H,6-8H2,1H3,(H,18,21)(H,19,20)/t13-,14+/m1/s1. The van der Waals surface area contributed by atoms with E-state index in [2.05, 4.69) is 15.6 Å². The summed E-state index contributed by atoms with van der Waals surface area (Å²) >= 11 is 1.67. The molecule has 22 heavy (non-hydrogen) atoms. The molecule has 0 unspecified atom stereocenters. The number of para-hydroxylation sites is 1. The highest BCUT2D eigenvalue weighted by Crippen LogP contribution is 2.20. The van der Waals surface area contributed by atoms with Crippen LogP contribution in [-0.2, 0) is 16.0 Å². The molecule has 2 amide bonds. The molecule has 1 aromatic heterocycles. The molecule has 3 rings (SSSR count). The second kappa shape index (κ2) is 6.44. The fourth-order valence-electron chi connectivity index (χ4n) is 2.78. The van der Waals surface area contributed by atoms with Crippen LogP contribution in [0.25, 0.3) is 10.9 Å². The van der Waals surface area contributed by atoms with E-state index >= 15 is 0 Å². The number of piperazine rings is 1. The highest BCUT2D eigenvalue weighted by atomic mass is 32.2. The van der Waals surface area contributed by atoms with Crippen molar-refractivity contribution in [3.63, 3.8) is 0 Å². The number of fused-ring (bicyclic) bond motifs is 1. The van der Waals surface area contributed by atoms with Crippen LogP contribution in [-0.4, -0.2) is 40.9 Å². The first kappa shape index (κ1) is 15.0. The van der Waals surface area contributed by atoms with Crippen LogP contribution in [0.3, 0.4) is 0 Å². The van der Waals surface area contributed by atoms with Crippen LogP contribution in [0.1, 0.15) is 12.0 Å². The van der Waals surface area contributed by atoms with Gasteiger partial charge in [-0.3, -0.25) is 9.59 Å². The Morgan fingerprint density at radius 1 is 1.09 bits per heavy atom. The molecule has 0 aliphatic carbocycles. The van der Waals surface area contributed by atoms with E-state index in [4.69, 9.17) is 0 Å². The van der Waals surface area contributed by atoms with E-state index in [1.54, 1.807) is 11.8 Å². The monoisotopic (exact) mass is 317 g/mol. The van der Waals surface area contributed by atoms with Gasteiger partial charge in [0.25, 0.3) is 0 Å². The third kappa shape index (κ3) is 2.97. The van der Waals surface area contributed by atoms with Gasteiger partial charge >= 0.3 is 0 Å². The Balaban J connectivity index is 1.71. The molecule has 0 radical (unpaired) electrons. The highest BCUT2D eigenvalue weighted by molar-refractivity contribution is 7.98. The molecular weight excluding hydrogens is 298 g/mol. The first-order valence-corrected chi connectivity index (χ1v) is 8.73. The van der Waals surface area contributed by atoms with Gasteiger partial charge in [-0.25, -0.2) is 0 Å². The molecule has 1 aromatic carbocycles. The summed E-state index contributed by atoms with van der Waals surface area (Å²) in [5, 5.41) is 6.78. The number of nitrogens with one attached hydrogen (secondary N) is 3. The summed E-state index contributed by atoms with van der Waals surface area (Å²) in [6.45, 7) is 0. The predicted molar refractivity (Wildman–Crippen MR) is 88.9 cm³/mol. The number of benzene rings is 1. The summed E-state index contributed by atoms with van der Waals surface area (Å²) in [5.41, 5.74) is 2.08. The number of rotatable bonds is 5. The Labute approximate surface area is 133 Å². The van der Waals surface area contributed by atoms with Crippen LogP contribution in [0.2, 0.25) is 0 Å². The third-order valence-electron chi connectivity index (χ3n) is 3.98. The van der Waals surface area contributed by atoms with Crippen molar-refractivity contribution in [1.29, 1.82) is 0 Å². The molecule has 3 N–H and O–H groups in total. The number of hydrogen-bond donors (Lipinski definition) is 3. The topological polar surface area (TPSA) is 74.0 Å². The molecule has 2 atom stereocenters. The Hall–Kier alpha value is -1.95. The lowest BCUT2D eigenvalue weighted by atomic mass is 10.0. The molecule has 6 heteroatoms. The van der Waals surface area contributed by atoms with Crippen LogP contribution in [0.5, 0.6) is 0 Å². The van der Waals surface area contributed by atoms with Crippen LogP contribution < -0.4 is 10.6 Å². The summed E-state index contributed by atoms with van der Waals surface area (Å²) in [5.74, 6) is 0.667. The lowest BCUT2D eigenvalue weighted by Gasteiger charge is -2.29. The average molecular weight is 317 g/mol. The quantitative estimate of drug-likeness (QED) is 0.781. The zero-order valence-electron chi connectivity index (χ0n) is 12.4. The van der Waals surface area contributed by atoms with Crippen LogP contribution in [0, 0.1) is 0 Å². The van der Waals surface area contributed by atoms with Gasteiger partial charge in [0.05, 0.1) is 0 Å². The summed E-state index contributed by atoms with van der Waals surface area (Å²) in [4.78, 5) is 27.5. The second-order valence-corrected chi connectivity index (χ2v) is 6.45. The van der Waals surface area contributed by atoms with Gasteiger partial charge in [-0.2, -0.15) is 11.8 Å². The van der Waals surface area contributed by atoms with Gasteiger partial charge in [-0.1, -0.05) is 18.2 Å². The fourth-order valence-corrected chi connectivity index (χ4v) is 3.25. The first-order chi connectivity index (χ1) is 10.7. The number of carbonyl (C=O) groups is 2. The SMILES string of the molecule is CSCC[C@H]1NC(=O)[C@H](Cc2c[nH]c3ccccc23)NC1=O. The third-order valence-corrected chi connectivity index (χ3v) is 4.62. The zero-order valence-corrected chi connectivity index (χ0v) is 13.2. The molecule has 1 aliphatic rings. The van der Waals surface area contributed by atoms with Crippen molar-refractivity contribution in [1.82, 2.24) is 15.6 Å². The van der Waals surface area contributed by atoms with E-state index in [9.17, 15) is 9.59 Å². The maximum absolute atomic E-state index is 12.2. The van der Waals surface area contributed by atoms with Crippen molar-refractivity contribution in [2.24, 2.45) is 0 Å². The molecule has 1 fully saturated rings. The summed E-state index contributed by atoms with van der Waals surface area (Å²) < 4.78 is 0. The Morgan fingerprint density at radius 2 is 1.82 bits per heavy atom. The van der Waals surface area contributed by atoms with Crippen molar-refractivity contribution in [2.45, 2.75) is 24.9 Å². The van der Waals surface area contributed by atoms with E-state index in [0.717, 1.165) is 22.2 Å². The summed E-state index contributed by atoms with van der Waals surface area (Å²) in [6.07, 6.45) is 5.06. The largest absolute Gasteiger partial charge is 0.361 e. The molecule has 1 saturated heterocycles. The molecule has 1 aliphatic heterocycles. The number of aromatic amines is 1. The van der Waals surface area contributed by atoms with Crippen molar-refractivity contribution in [3.8, 4) is 0 Å². The number of aromatic nitrogens is 1. The Morgan fingerprint density at radius 3 is 2.64 bits per heavy atom. The highest BCUT2D eigenvalue weighted by Gasteiger charge is 2.33. The van der Waals surface area contributed by atoms with E-state index in [1.807, 2.05) is 36.7 Å². The van der Waals surface area contributed by atoms with Crippen molar-refractivity contribution in [2.75, 3.05) is 12.0 Å². The fraction of sp³-hybridized carbons (Fsp3) is 0.375. The van der Waals surface area contributed by atoms with Crippen LogP contribution in [0.15, 0.2) is 30.5 Å². The van der Waals surface area contributed by atoms with Gasteiger partial charge in [0.2, 0.25) is 11.8 Å². The lowest BCUT2D eigenvalue weighted by Crippen LogP contribution is -2.62. The number of H-pyrrole nitrogens is 1. The van der Waals surface area contributed by atoms with Crippen molar-refractivity contribution in [3.05, 3.63) is 36.0 Å². The minimum absolute atomic E-state index is 0.0847. The molecule has 116 valence electrons. The zero-order chi connectivity index (χ0) is 15.5. The molecule has 2 heterocycles. The summed E-state index contributed by atoms with van der Waals surface area (Å²) in [7, 11) is 0. The Kier molecular flexibility index (Phi) is 4.38. The molecule has 0 bridgehead atoms. The predicted octanol–water partition coefficient (Wildman–Crippen LogP) is 1.45. The van der Waals surface area contributed by atoms with E-state index in [1.165, 1.54) is 0 Å². The molecule has 0 saturated carbocycles. The van der Waals surface area contributed by atoms with Crippen molar-refractivity contribution >= 4 is 34.5 Å². The van der Waals surface area contributed by atoms with E-state index in [-0.39, 0.29) is 11.8 Å². The van der Waals surface area contributed by atoms with Gasteiger partial charge in [-0.05, 0) is 30.1 Å². The lowest BCUT2D eigenvalue weighted by molar-refractivity contribution is -0.136. The van der Waals surface area contributed by atoms with E-state index in [0.29, 0.717) is 12.8 Å². The number of thioether (sulfide) groups is 1. The minimum Gasteiger partial charge on any atom is -0.361 e. The summed E-state index contributed by atoms with van der Waals surface area (Å²) in [6, 6.07) is 7.05. The molecule has 0 spiro atoms. The van der Waals surface area contributed by atoms with Gasteiger partial charge in [0.15, 0.2) is 0 Å². The second-order valence-electron chi connectivity index (χ2n) is 5.47. The van der Waals surface area contributed by atoms with Gasteiger partial charge < -0.3 is 15.6 Å². The molecule has 5 nitrogen and oxygen atoms in total. The van der Waals surface area contributed by atoms with Gasteiger partial charge in [0.1, 0.15) is 12.1 Å². The van der Waals surface area contributed by atoms with Crippen molar-refractivity contribution < 1.29 is 9.59 Å². The maximum atomic E-state index is 12.2. The normalized spacial score (nSPS) is 21.7. The smallest absolute Gasteiger partial charge is 0.243 e. The first-order valence-electron chi connectivity index (χ1n) is 7.33. The molecule has 2 aromatic rings. The Bertz CT molecular complexity index is 698. The van der Waals surface area contributed by atoms with Crippen LogP contribution >= 0.6 is 11.8 Å². The average Bonchev–Trinajstić information content (AvgIpc) is 2.92. The number of amides is 2. The number of hydrogen-bond acceptors (Lipinski definition) is 3. The minimum atomic E-state index is -0.503. The molecular formula is C16H19N3O2S.